The van der Waals surface area contributed by atoms with Gasteiger partial charge in [0.2, 0.25) is 0 Å². The topological polar surface area (TPSA) is 24.5 Å². The van der Waals surface area contributed by atoms with Crippen molar-refractivity contribution in [3.63, 3.8) is 0 Å². The van der Waals surface area contributed by atoms with Crippen LogP contribution in [0.3, 0.4) is 0 Å². The lowest BCUT2D eigenvalue weighted by atomic mass is 10.2. The molecular weight excluding hydrogens is 192 g/mol. The molecule has 1 N–H and O–H groups in total. The van der Waals surface area contributed by atoms with Crippen LogP contribution in [0, 0.1) is 0 Å². The van der Waals surface area contributed by atoms with Crippen LogP contribution in [0.15, 0.2) is 12.3 Å². The molecule has 0 radical (unpaired) electrons. The number of hydrazine groups is 1. The Morgan fingerprint density at radius 2 is 2.07 bits per heavy atom. The highest BCUT2D eigenvalue weighted by molar-refractivity contribution is 6.74. The number of rotatable bonds is 3. The highest BCUT2D eigenvalue weighted by Gasteiger charge is 2.37. The van der Waals surface area contributed by atoms with Crippen LogP contribution in [-0.4, -0.2) is 26.6 Å². The van der Waals surface area contributed by atoms with Gasteiger partial charge in [0.1, 0.15) is 6.73 Å². The fourth-order valence-electron chi connectivity index (χ4n) is 0.937. The predicted octanol–water partition coefficient (Wildman–Crippen LogP) is 2.30. The molecule has 0 aromatic heterocycles. The third kappa shape index (κ3) is 2.83. The van der Waals surface area contributed by atoms with E-state index in [2.05, 4.69) is 50.4 Å². The van der Waals surface area contributed by atoms with Crippen molar-refractivity contribution < 1.29 is 4.43 Å². The SMILES string of the molecule is CC(C)(C)[Si](C)(C)OCN1CC=CN1. The molecule has 0 bridgehead atoms. The van der Waals surface area contributed by atoms with E-state index >= 15 is 0 Å². The minimum atomic E-state index is -1.58. The van der Waals surface area contributed by atoms with Crippen LogP contribution in [0.4, 0.5) is 0 Å². The first-order chi connectivity index (χ1) is 6.33. The second kappa shape index (κ2) is 4.04. The van der Waals surface area contributed by atoms with E-state index in [0.29, 0.717) is 11.8 Å². The summed E-state index contributed by atoms with van der Waals surface area (Å²) in [6.07, 6.45) is 4.05. The lowest BCUT2D eigenvalue weighted by Crippen LogP contribution is -2.45. The maximum atomic E-state index is 6.04. The van der Waals surface area contributed by atoms with Gasteiger partial charge in [-0.1, -0.05) is 26.8 Å². The number of nitrogens with zero attached hydrogens (tertiary/aromatic N) is 1. The van der Waals surface area contributed by atoms with Gasteiger partial charge in [-0.2, -0.15) is 5.01 Å². The third-order valence-electron chi connectivity index (χ3n) is 3.09. The molecule has 0 spiro atoms. The molecule has 0 saturated carbocycles. The van der Waals surface area contributed by atoms with E-state index in [1.807, 2.05) is 6.20 Å². The summed E-state index contributed by atoms with van der Waals surface area (Å²) in [6.45, 7) is 12.9. The largest absolute Gasteiger partial charge is 0.402 e. The van der Waals surface area contributed by atoms with Gasteiger partial charge in [0.15, 0.2) is 8.32 Å². The van der Waals surface area contributed by atoms with Crippen molar-refractivity contribution in [2.45, 2.75) is 38.9 Å². The van der Waals surface area contributed by atoms with Crippen molar-refractivity contribution in [1.29, 1.82) is 0 Å². The van der Waals surface area contributed by atoms with Crippen LogP contribution in [0.1, 0.15) is 20.8 Å². The predicted molar refractivity (Wildman–Crippen MR) is 62.1 cm³/mol. The first-order valence-electron chi connectivity index (χ1n) is 5.13. The molecule has 4 heteroatoms. The zero-order valence-electron chi connectivity index (χ0n) is 9.92. The molecule has 0 aromatic carbocycles. The molecule has 0 aromatic rings. The molecular formula is C10H22N2OSi. The van der Waals surface area contributed by atoms with Gasteiger partial charge in [-0.15, -0.1) is 0 Å². The van der Waals surface area contributed by atoms with E-state index in [1.165, 1.54) is 0 Å². The lowest BCUT2D eigenvalue weighted by molar-refractivity contribution is 0.105. The molecule has 82 valence electrons. The van der Waals surface area contributed by atoms with E-state index in [1.54, 1.807) is 0 Å². The Hall–Kier alpha value is -0.323. The van der Waals surface area contributed by atoms with Crippen molar-refractivity contribution in [2.75, 3.05) is 13.3 Å². The summed E-state index contributed by atoms with van der Waals surface area (Å²) < 4.78 is 6.04. The average molecular weight is 214 g/mol. The molecule has 0 atom stereocenters. The second-order valence-corrected chi connectivity index (χ2v) is 10.1. The number of hydrogen-bond acceptors (Lipinski definition) is 3. The van der Waals surface area contributed by atoms with Gasteiger partial charge < -0.3 is 9.85 Å². The van der Waals surface area contributed by atoms with Crippen LogP contribution in [-0.2, 0) is 4.43 Å². The Bertz CT molecular complexity index is 213. The Morgan fingerprint density at radius 1 is 1.43 bits per heavy atom. The van der Waals surface area contributed by atoms with E-state index in [4.69, 9.17) is 4.43 Å². The standard InChI is InChI=1S/C10H22N2OSi/c1-10(2,3)14(4,5)13-9-12-8-6-7-11-12/h6-7,11H,8-9H2,1-5H3. The van der Waals surface area contributed by atoms with Gasteiger partial charge in [-0.05, 0) is 18.1 Å². The second-order valence-electron chi connectivity index (χ2n) is 5.29. The molecule has 0 fully saturated rings. The van der Waals surface area contributed by atoms with E-state index in [-0.39, 0.29) is 0 Å². The maximum absolute atomic E-state index is 6.04. The molecule has 1 heterocycles. The first-order valence-corrected chi connectivity index (χ1v) is 8.04. The van der Waals surface area contributed by atoms with Crippen molar-refractivity contribution in [2.24, 2.45) is 0 Å². The number of hydrogen-bond donors (Lipinski definition) is 1. The van der Waals surface area contributed by atoms with Crippen LogP contribution in [0.2, 0.25) is 18.1 Å². The van der Waals surface area contributed by atoms with Gasteiger partial charge in [0.25, 0.3) is 0 Å². The van der Waals surface area contributed by atoms with Gasteiger partial charge in [0, 0.05) is 12.7 Å². The highest BCUT2D eigenvalue weighted by atomic mass is 28.4. The Kier molecular flexibility index (Phi) is 3.39. The summed E-state index contributed by atoms with van der Waals surface area (Å²) in [5.74, 6) is 0. The summed E-state index contributed by atoms with van der Waals surface area (Å²) in [4.78, 5) is 0. The third-order valence-corrected chi connectivity index (χ3v) is 7.55. The van der Waals surface area contributed by atoms with Gasteiger partial charge >= 0.3 is 0 Å². The Labute approximate surface area is 88.2 Å². The van der Waals surface area contributed by atoms with E-state index in [0.717, 1.165) is 6.54 Å². The summed E-state index contributed by atoms with van der Waals surface area (Å²) in [7, 11) is -1.58. The molecule has 0 unspecified atom stereocenters. The Balaban J connectivity index is 2.36. The molecule has 3 nitrogen and oxygen atoms in total. The zero-order valence-corrected chi connectivity index (χ0v) is 10.9. The molecule has 1 rings (SSSR count). The monoisotopic (exact) mass is 214 g/mol. The van der Waals surface area contributed by atoms with Gasteiger partial charge in [0.05, 0.1) is 0 Å². The minimum absolute atomic E-state index is 0.292. The average Bonchev–Trinajstić information content (AvgIpc) is 2.50. The summed E-state index contributed by atoms with van der Waals surface area (Å²) in [6, 6.07) is 0. The molecule has 0 aliphatic carbocycles. The molecule has 0 saturated heterocycles. The molecule has 0 amide bonds. The van der Waals surface area contributed by atoms with Gasteiger partial charge in [-0.25, -0.2) is 0 Å². The fourth-order valence-corrected chi connectivity index (χ4v) is 1.85. The van der Waals surface area contributed by atoms with Crippen molar-refractivity contribution in [3.05, 3.63) is 12.3 Å². The van der Waals surface area contributed by atoms with E-state index in [9.17, 15) is 0 Å². The quantitative estimate of drug-likeness (QED) is 0.730. The van der Waals surface area contributed by atoms with Crippen molar-refractivity contribution >= 4 is 8.32 Å². The summed E-state index contributed by atoms with van der Waals surface area (Å²) in [5, 5.41) is 2.36. The van der Waals surface area contributed by atoms with Crippen molar-refractivity contribution in [1.82, 2.24) is 10.4 Å². The van der Waals surface area contributed by atoms with Gasteiger partial charge in [-0.3, -0.25) is 0 Å². The maximum Gasteiger partial charge on any atom is 0.193 e. The van der Waals surface area contributed by atoms with Crippen LogP contribution >= 0.6 is 0 Å². The van der Waals surface area contributed by atoms with Crippen molar-refractivity contribution in [3.8, 4) is 0 Å². The van der Waals surface area contributed by atoms with Crippen LogP contribution in [0.5, 0.6) is 0 Å². The number of nitrogens with one attached hydrogen (secondary N) is 1. The van der Waals surface area contributed by atoms with Crippen LogP contribution < -0.4 is 5.43 Å². The summed E-state index contributed by atoms with van der Waals surface area (Å²) in [5.41, 5.74) is 3.13. The first kappa shape index (κ1) is 11.7. The fraction of sp³-hybridized carbons (Fsp3) is 0.800. The van der Waals surface area contributed by atoms with Crippen LogP contribution in [0.25, 0.3) is 0 Å². The molecule has 1 aliphatic rings. The zero-order chi connectivity index (χ0) is 10.8. The minimum Gasteiger partial charge on any atom is -0.402 e. The lowest BCUT2D eigenvalue weighted by Gasteiger charge is -2.37. The highest BCUT2D eigenvalue weighted by Crippen LogP contribution is 2.36. The molecule has 14 heavy (non-hydrogen) atoms. The molecule has 1 aliphatic heterocycles. The normalized spacial score (nSPS) is 18.6. The smallest absolute Gasteiger partial charge is 0.193 e. The van der Waals surface area contributed by atoms with E-state index < -0.39 is 8.32 Å². The summed E-state index contributed by atoms with van der Waals surface area (Å²) >= 11 is 0. The Morgan fingerprint density at radius 3 is 2.50 bits per heavy atom.